The Bertz CT molecular complexity index is 596. The van der Waals surface area contributed by atoms with Crippen molar-refractivity contribution in [3.63, 3.8) is 0 Å². The lowest BCUT2D eigenvalue weighted by atomic mass is 10.1. The standard InChI is InChI=1S/C16H20N2O2S/c1-3-5-11-18(4-2)16-17-13(14(21-16)15(19)20)12-9-7-6-8-10-12/h6-10H,3-5,11H2,1-2H3,(H,19,20). The van der Waals surface area contributed by atoms with E-state index in [1.54, 1.807) is 0 Å². The summed E-state index contributed by atoms with van der Waals surface area (Å²) in [4.78, 5) is 18.5. The van der Waals surface area contributed by atoms with E-state index in [9.17, 15) is 9.90 Å². The van der Waals surface area contributed by atoms with Gasteiger partial charge in [0.15, 0.2) is 5.13 Å². The van der Waals surface area contributed by atoms with Crippen LogP contribution in [0, 0.1) is 0 Å². The molecular formula is C16H20N2O2S. The van der Waals surface area contributed by atoms with Crippen LogP contribution in [0.1, 0.15) is 36.4 Å². The van der Waals surface area contributed by atoms with E-state index in [-0.39, 0.29) is 0 Å². The summed E-state index contributed by atoms with van der Waals surface area (Å²) in [6.07, 6.45) is 2.19. The number of benzene rings is 1. The zero-order chi connectivity index (χ0) is 15.2. The van der Waals surface area contributed by atoms with Crippen LogP contribution in [-0.2, 0) is 0 Å². The third-order valence-electron chi connectivity index (χ3n) is 3.29. The lowest BCUT2D eigenvalue weighted by molar-refractivity contribution is 0.0702. The first-order valence-electron chi connectivity index (χ1n) is 7.21. The van der Waals surface area contributed by atoms with Crippen molar-refractivity contribution in [2.75, 3.05) is 18.0 Å². The molecule has 1 N–H and O–H groups in total. The predicted octanol–water partition coefficient (Wildman–Crippen LogP) is 4.13. The van der Waals surface area contributed by atoms with Crippen molar-refractivity contribution in [2.24, 2.45) is 0 Å². The highest BCUT2D eigenvalue weighted by molar-refractivity contribution is 7.17. The lowest BCUT2D eigenvalue weighted by Crippen LogP contribution is -2.23. The fourth-order valence-corrected chi connectivity index (χ4v) is 3.14. The average molecular weight is 304 g/mol. The molecule has 0 saturated carbocycles. The van der Waals surface area contributed by atoms with Crippen molar-refractivity contribution in [2.45, 2.75) is 26.7 Å². The van der Waals surface area contributed by atoms with Crippen LogP contribution in [0.2, 0.25) is 0 Å². The van der Waals surface area contributed by atoms with Crippen molar-refractivity contribution in [1.29, 1.82) is 0 Å². The van der Waals surface area contributed by atoms with Gasteiger partial charge in [-0.3, -0.25) is 0 Å². The largest absolute Gasteiger partial charge is 0.477 e. The Labute approximate surface area is 129 Å². The van der Waals surface area contributed by atoms with Gasteiger partial charge in [-0.1, -0.05) is 55.0 Å². The quantitative estimate of drug-likeness (QED) is 0.835. The van der Waals surface area contributed by atoms with Crippen molar-refractivity contribution in [1.82, 2.24) is 4.98 Å². The molecule has 4 nitrogen and oxygen atoms in total. The second-order valence-corrected chi connectivity index (χ2v) is 5.76. The van der Waals surface area contributed by atoms with Crippen molar-refractivity contribution in [3.05, 3.63) is 35.2 Å². The molecule has 0 spiro atoms. The van der Waals surface area contributed by atoms with E-state index >= 15 is 0 Å². The van der Waals surface area contributed by atoms with Crippen LogP contribution in [0.5, 0.6) is 0 Å². The molecule has 2 aromatic rings. The zero-order valence-corrected chi connectivity index (χ0v) is 13.2. The smallest absolute Gasteiger partial charge is 0.348 e. The lowest BCUT2D eigenvalue weighted by Gasteiger charge is -2.18. The summed E-state index contributed by atoms with van der Waals surface area (Å²) in [6, 6.07) is 9.50. The van der Waals surface area contributed by atoms with Gasteiger partial charge in [-0.25, -0.2) is 9.78 Å². The molecule has 0 saturated heterocycles. The van der Waals surface area contributed by atoms with Crippen LogP contribution in [0.25, 0.3) is 11.3 Å². The van der Waals surface area contributed by atoms with E-state index in [4.69, 9.17) is 0 Å². The van der Waals surface area contributed by atoms with E-state index in [1.807, 2.05) is 30.3 Å². The number of thiazole rings is 1. The highest BCUT2D eigenvalue weighted by Gasteiger charge is 2.21. The maximum atomic E-state index is 11.5. The number of aromatic carboxylic acids is 1. The SMILES string of the molecule is CCCCN(CC)c1nc(-c2ccccc2)c(C(=O)O)s1. The normalized spacial score (nSPS) is 10.6. The van der Waals surface area contributed by atoms with Gasteiger partial charge in [-0.05, 0) is 13.3 Å². The van der Waals surface area contributed by atoms with E-state index in [0.717, 1.165) is 36.6 Å². The highest BCUT2D eigenvalue weighted by atomic mass is 32.1. The molecule has 0 aliphatic heterocycles. The molecule has 0 atom stereocenters. The third-order valence-corrected chi connectivity index (χ3v) is 4.40. The minimum Gasteiger partial charge on any atom is -0.477 e. The summed E-state index contributed by atoms with van der Waals surface area (Å²) in [6.45, 7) is 5.96. The fraction of sp³-hybridized carbons (Fsp3) is 0.375. The minimum absolute atomic E-state index is 0.311. The van der Waals surface area contributed by atoms with E-state index in [1.165, 1.54) is 11.3 Å². The van der Waals surface area contributed by atoms with Crippen LogP contribution in [0.3, 0.4) is 0 Å². The Hall–Kier alpha value is -1.88. The number of carboxylic acid groups (broad SMARTS) is 1. The molecule has 5 heteroatoms. The predicted molar refractivity (Wildman–Crippen MR) is 87.3 cm³/mol. The number of rotatable bonds is 7. The molecule has 0 fully saturated rings. The number of carbonyl (C=O) groups is 1. The zero-order valence-electron chi connectivity index (χ0n) is 12.4. The summed E-state index contributed by atoms with van der Waals surface area (Å²) in [7, 11) is 0. The van der Waals surface area contributed by atoms with Gasteiger partial charge in [-0.2, -0.15) is 0 Å². The van der Waals surface area contributed by atoms with E-state index in [2.05, 4.69) is 23.7 Å². The van der Waals surface area contributed by atoms with Gasteiger partial charge in [0, 0.05) is 18.7 Å². The first-order chi connectivity index (χ1) is 10.2. The monoisotopic (exact) mass is 304 g/mol. The minimum atomic E-state index is -0.913. The number of nitrogens with zero attached hydrogens (tertiary/aromatic N) is 2. The highest BCUT2D eigenvalue weighted by Crippen LogP contribution is 2.33. The number of hydrogen-bond acceptors (Lipinski definition) is 4. The van der Waals surface area contributed by atoms with E-state index in [0.29, 0.717) is 10.6 Å². The Morgan fingerprint density at radius 3 is 2.57 bits per heavy atom. The van der Waals surface area contributed by atoms with Crippen LogP contribution in [0.15, 0.2) is 30.3 Å². The molecule has 0 unspecified atom stereocenters. The third kappa shape index (κ3) is 3.61. The molecule has 0 bridgehead atoms. The van der Waals surface area contributed by atoms with Crippen LogP contribution in [0.4, 0.5) is 5.13 Å². The fourth-order valence-electron chi connectivity index (χ4n) is 2.12. The Balaban J connectivity index is 2.39. The maximum absolute atomic E-state index is 11.5. The van der Waals surface area contributed by atoms with Gasteiger partial charge < -0.3 is 10.0 Å². The van der Waals surface area contributed by atoms with E-state index < -0.39 is 5.97 Å². The summed E-state index contributed by atoms with van der Waals surface area (Å²) < 4.78 is 0. The summed E-state index contributed by atoms with van der Waals surface area (Å²) in [5, 5.41) is 10.2. The molecule has 2 rings (SSSR count). The molecule has 1 aromatic carbocycles. The molecular weight excluding hydrogens is 284 g/mol. The van der Waals surface area contributed by atoms with Crippen molar-refractivity contribution < 1.29 is 9.90 Å². The molecule has 21 heavy (non-hydrogen) atoms. The van der Waals surface area contributed by atoms with Crippen LogP contribution >= 0.6 is 11.3 Å². The van der Waals surface area contributed by atoms with Crippen molar-refractivity contribution >= 4 is 22.4 Å². The number of anilines is 1. The maximum Gasteiger partial charge on any atom is 0.348 e. The second-order valence-electron chi connectivity index (χ2n) is 4.78. The first kappa shape index (κ1) is 15.5. The van der Waals surface area contributed by atoms with Gasteiger partial charge in [0.2, 0.25) is 0 Å². The number of unbranched alkanes of at least 4 members (excludes halogenated alkanes) is 1. The Kier molecular flexibility index (Phi) is 5.33. The molecule has 0 aliphatic rings. The first-order valence-corrected chi connectivity index (χ1v) is 8.03. The Morgan fingerprint density at radius 1 is 1.29 bits per heavy atom. The molecule has 1 heterocycles. The van der Waals surface area contributed by atoms with Crippen LogP contribution in [-0.4, -0.2) is 29.1 Å². The summed E-state index contributed by atoms with van der Waals surface area (Å²) in [5.74, 6) is -0.913. The van der Waals surface area contributed by atoms with Gasteiger partial charge in [-0.15, -0.1) is 0 Å². The Morgan fingerprint density at radius 2 is 2.00 bits per heavy atom. The van der Waals surface area contributed by atoms with Crippen molar-refractivity contribution in [3.8, 4) is 11.3 Å². The molecule has 0 radical (unpaired) electrons. The summed E-state index contributed by atoms with van der Waals surface area (Å²) in [5.41, 5.74) is 1.42. The topological polar surface area (TPSA) is 53.4 Å². The van der Waals surface area contributed by atoms with Gasteiger partial charge in [0.05, 0.1) is 5.69 Å². The molecule has 112 valence electrons. The second kappa shape index (κ2) is 7.22. The van der Waals surface area contributed by atoms with Gasteiger partial charge in [0.1, 0.15) is 4.88 Å². The number of aromatic nitrogens is 1. The number of hydrogen-bond donors (Lipinski definition) is 1. The molecule has 0 amide bonds. The number of carboxylic acids is 1. The average Bonchev–Trinajstić information content (AvgIpc) is 2.94. The molecule has 1 aromatic heterocycles. The van der Waals surface area contributed by atoms with Gasteiger partial charge >= 0.3 is 5.97 Å². The van der Waals surface area contributed by atoms with Crippen LogP contribution < -0.4 is 4.90 Å². The molecule has 0 aliphatic carbocycles. The summed E-state index contributed by atoms with van der Waals surface area (Å²) >= 11 is 1.26. The van der Waals surface area contributed by atoms with Gasteiger partial charge in [0.25, 0.3) is 0 Å².